The largest absolute Gasteiger partial charge is 0.461 e. The summed E-state index contributed by atoms with van der Waals surface area (Å²) < 4.78 is 16.7. The smallest absolute Gasteiger partial charge is 0.350 e. The third kappa shape index (κ3) is 7.31. The summed E-state index contributed by atoms with van der Waals surface area (Å²) >= 11 is 0. The second-order valence-electron chi connectivity index (χ2n) is 10.0. The molecule has 0 fully saturated rings. The van der Waals surface area contributed by atoms with Crippen LogP contribution in [0.1, 0.15) is 69.4 Å². The lowest BCUT2D eigenvalue weighted by Gasteiger charge is -2.38. The number of amides is 1. The van der Waals surface area contributed by atoms with Crippen molar-refractivity contribution in [1.29, 1.82) is 0 Å². The first-order valence-corrected chi connectivity index (χ1v) is 12.6. The molecule has 1 aliphatic carbocycles. The molecule has 2 aromatic carbocycles. The molecule has 3 atom stereocenters. The number of hydrogen-bond donors (Lipinski definition) is 1. The van der Waals surface area contributed by atoms with Gasteiger partial charge in [-0.3, -0.25) is 14.4 Å². The Bertz CT molecular complexity index is 1190. The normalized spacial score (nSPS) is 18.1. The maximum Gasteiger partial charge on any atom is 0.350 e. The van der Waals surface area contributed by atoms with Crippen molar-refractivity contribution in [3.63, 3.8) is 0 Å². The van der Waals surface area contributed by atoms with Crippen molar-refractivity contribution in [3.8, 4) is 0 Å². The monoisotopic (exact) mass is 521 g/mol. The molecular formula is C30H35NO7. The van der Waals surface area contributed by atoms with Crippen LogP contribution in [-0.2, 0) is 28.6 Å². The summed E-state index contributed by atoms with van der Waals surface area (Å²) in [5, 5.41) is 2.85. The number of ether oxygens (including phenoxy) is 3. The molecule has 202 valence electrons. The molecule has 8 heteroatoms. The molecule has 3 rings (SSSR count). The highest BCUT2D eigenvalue weighted by atomic mass is 16.6. The minimum atomic E-state index is -1.43. The van der Waals surface area contributed by atoms with E-state index in [9.17, 15) is 19.2 Å². The highest BCUT2D eigenvalue weighted by Crippen LogP contribution is 2.41. The first-order valence-electron chi connectivity index (χ1n) is 12.6. The Labute approximate surface area is 223 Å². The van der Waals surface area contributed by atoms with Crippen LogP contribution in [0.5, 0.6) is 0 Å². The topological polar surface area (TPSA) is 108 Å². The van der Waals surface area contributed by atoms with Crippen LogP contribution in [0.4, 0.5) is 0 Å². The van der Waals surface area contributed by atoms with Gasteiger partial charge in [-0.1, -0.05) is 62.4 Å². The lowest BCUT2D eigenvalue weighted by atomic mass is 9.72. The predicted molar refractivity (Wildman–Crippen MR) is 141 cm³/mol. The molecule has 1 N–H and O–H groups in total. The third-order valence-electron chi connectivity index (χ3n) is 6.79. The maximum atomic E-state index is 13.6. The molecule has 38 heavy (non-hydrogen) atoms. The zero-order valence-corrected chi connectivity index (χ0v) is 22.5. The van der Waals surface area contributed by atoms with Crippen LogP contribution in [-0.4, -0.2) is 42.6 Å². The number of carbonyl (C=O) groups excluding carboxylic acids is 4. The van der Waals surface area contributed by atoms with E-state index in [0.717, 1.165) is 11.1 Å². The van der Waals surface area contributed by atoms with Gasteiger partial charge in [-0.15, -0.1) is 0 Å². The summed E-state index contributed by atoms with van der Waals surface area (Å²) in [5.41, 5.74) is 2.41. The van der Waals surface area contributed by atoms with Crippen molar-refractivity contribution in [3.05, 3.63) is 82.9 Å². The van der Waals surface area contributed by atoms with E-state index >= 15 is 0 Å². The van der Waals surface area contributed by atoms with Gasteiger partial charge < -0.3 is 19.5 Å². The van der Waals surface area contributed by atoms with E-state index in [1.165, 1.54) is 13.8 Å². The predicted octanol–water partition coefficient (Wildman–Crippen LogP) is 4.70. The third-order valence-corrected chi connectivity index (χ3v) is 6.79. The van der Waals surface area contributed by atoms with E-state index in [1.54, 1.807) is 60.7 Å². The van der Waals surface area contributed by atoms with Crippen LogP contribution in [0.2, 0.25) is 0 Å². The van der Waals surface area contributed by atoms with Crippen molar-refractivity contribution in [2.75, 3.05) is 6.61 Å². The quantitative estimate of drug-likeness (QED) is 0.289. The molecule has 1 aliphatic rings. The van der Waals surface area contributed by atoms with Crippen molar-refractivity contribution < 1.29 is 33.4 Å². The summed E-state index contributed by atoms with van der Waals surface area (Å²) in [5.74, 6) is -2.29. The highest BCUT2D eigenvalue weighted by Gasteiger charge is 2.40. The lowest BCUT2D eigenvalue weighted by Crippen LogP contribution is -2.45. The number of benzene rings is 2. The van der Waals surface area contributed by atoms with Crippen molar-refractivity contribution in [2.45, 2.75) is 65.7 Å². The number of esters is 3. The molecule has 0 saturated heterocycles. The van der Waals surface area contributed by atoms with E-state index in [0.29, 0.717) is 24.0 Å². The first kappa shape index (κ1) is 28.6. The average molecular weight is 522 g/mol. The van der Waals surface area contributed by atoms with Crippen molar-refractivity contribution in [2.24, 2.45) is 5.41 Å². The van der Waals surface area contributed by atoms with Crippen LogP contribution >= 0.6 is 0 Å². The Hall–Kier alpha value is -3.94. The fourth-order valence-electron chi connectivity index (χ4n) is 4.66. The lowest BCUT2D eigenvalue weighted by molar-refractivity contribution is -0.172. The van der Waals surface area contributed by atoms with Gasteiger partial charge in [0, 0.05) is 19.4 Å². The molecule has 0 heterocycles. The SMILES string of the molecule is CC(=O)OCC1=C(C)C(OC(=O)C(OC(C)=O)[C@@H](NC(=O)c2ccccc2)c2ccccc2)CCC1(C)C. The van der Waals surface area contributed by atoms with E-state index < -0.39 is 42.1 Å². The first-order chi connectivity index (χ1) is 18.0. The summed E-state index contributed by atoms with van der Waals surface area (Å²) in [4.78, 5) is 50.2. The fourth-order valence-corrected chi connectivity index (χ4v) is 4.66. The Morgan fingerprint density at radius 2 is 1.55 bits per heavy atom. The molecular weight excluding hydrogens is 486 g/mol. The summed E-state index contributed by atoms with van der Waals surface area (Å²) in [6.45, 7) is 8.62. The summed E-state index contributed by atoms with van der Waals surface area (Å²) in [6, 6.07) is 16.4. The van der Waals surface area contributed by atoms with E-state index in [2.05, 4.69) is 19.2 Å². The van der Waals surface area contributed by atoms with Crippen LogP contribution in [0, 0.1) is 5.41 Å². The Morgan fingerprint density at radius 1 is 0.947 bits per heavy atom. The van der Waals surface area contributed by atoms with Gasteiger partial charge in [0.1, 0.15) is 18.8 Å². The van der Waals surface area contributed by atoms with Crippen LogP contribution in [0.3, 0.4) is 0 Å². The average Bonchev–Trinajstić information content (AvgIpc) is 2.88. The van der Waals surface area contributed by atoms with Gasteiger partial charge in [-0.2, -0.15) is 0 Å². The van der Waals surface area contributed by atoms with E-state index in [-0.39, 0.29) is 12.0 Å². The zero-order valence-electron chi connectivity index (χ0n) is 22.5. The van der Waals surface area contributed by atoms with Gasteiger partial charge in [0.25, 0.3) is 5.91 Å². The Morgan fingerprint density at radius 3 is 2.13 bits per heavy atom. The zero-order chi connectivity index (χ0) is 27.9. The Balaban J connectivity index is 1.93. The maximum absolute atomic E-state index is 13.6. The molecule has 2 aromatic rings. The van der Waals surface area contributed by atoms with Crippen LogP contribution < -0.4 is 5.32 Å². The minimum absolute atomic E-state index is 0.107. The molecule has 0 radical (unpaired) electrons. The molecule has 0 aliphatic heterocycles. The summed E-state index contributed by atoms with van der Waals surface area (Å²) in [7, 11) is 0. The second-order valence-corrected chi connectivity index (χ2v) is 10.0. The van der Waals surface area contributed by atoms with Gasteiger partial charge in [0.15, 0.2) is 0 Å². The van der Waals surface area contributed by atoms with Gasteiger partial charge in [-0.05, 0) is 54.0 Å². The molecule has 8 nitrogen and oxygen atoms in total. The van der Waals surface area contributed by atoms with E-state index in [1.807, 2.05) is 6.92 Å². The minimum Gasteiger partial charge on any atom is -0.461 e. The Kier molecular flexibility index (Phi) is 9.45. The van der Waals surface area contributed by atoms with Crippen LogP contribution in [0.15, 0.2) is 71.8 Å². The highest BCUT2D eigenvalue weighted by molar-refractivity contribution is 5.95. The van der Waals surface area contributed by atoms with Gasteiger partial charge in [0.05, 0.1) is 0 Å². The van der Waals surface area contributed by atoms with Crippen molar-refractivity contribution >= 4 is 23.8 Å². The number of nitrogens with one attached hydrogen (secondary N) is 1. The molecule has 0 aromatic heterocycles. The number of carbonyl (C=O) groups is 4. The van der Waals surface area contributed by atoms with Gasteiger partial charge in [0.2, 0.25) is 6.10 Å². The molecule has 0 saturated carbocycles. The number of hydrogen-bond acceptors (Lipinski definition) is 7. The summed E-state index contributed by atoms with van der Waals surface area (Å²) in [6.07, 6.45) is -0.778. The second kappa shape index (κ2) is 12.5. The molecule has 0 bridgehead atoms. The molecule has 2 unspecified atom stereocenters. The molecule has 1 amide bonds. The number of rotatable bonds is 9. The van der Waals surface area contributed by atoms with Crippen molar-refractivity contribution in [1.82, 2.24) is 5.32 Å². The standard InChI is InChI=1S/C30H35NO7/c1-19-24(18-36-20(2)32)30(4,5)17-16-25(19)38-29(35)27(37-21(3)33)26(22-12-8-6-9-13-22)31-28(34)23-14-10-7-11-15-23/h6-15,25-27H,16-18H2,1-5H3,(H,31,34)/t25?,26-,27?/m0/s1. The van der Waals surface area contributed by atoms with Crippen LogP contribution in [0.25, 0.3) is 0 Å². The molecule has 0 spiro atoms. The van der Waals surface area contributed by atoms with Gasteiger partial charge >= 0.3 is 17.9 Å². The van der Waals surface area contributed by atoms with E-state index in [4.69, 9.17) is 14.2 Å². The fraction of sp³-hybridized carbons (Fsp3) is 0.400. The van der Waals surface area contributed by atoms with Gasteiger partial charge in [-0.25, -0.2) is 4.79 Å².